The molecule has 3 amide bonds. The maximum Gasteiger partial charge on any atom is 0.404 e. The van der Waals surface area contributed by atoms with Gasteiger partial charge < -0.3 is 26.0 Å². The zero-order valence-electron chi connectivity index (χ0n) is 13.4. The summed E-state index contributed by atoms with van der Waals surface area (Å²) in [6, 6.07) is -1.12. The van der Waals surface area contributed by atoms with E-state index in [1.807, 2.05) is 0 Å². The lowest BCUT2D eigenvalue weighted by molar-refractivity contribution is -0.150. The van der Waals surface area contributed by atoms with Crippen molar-refractivity contribution in [1.29, 1.82) is 0 Å². The van der Waals surface area contributed by atoms with Gasteiger partial charge in [0.15, 0.2) is 0 Å². The lowest BCUT2D eigenvalue weighted by atomic mass is 10.0. The molecule has 2 aliphatic heterocycles. The highest BCUT2D eigenvalue weighted by Crippen LogP contribution is 2.40. The summed E-state index contributed by atoms with van der Waals surface area (Å²) in [6.45, 7) is -0.390. The zero-order valence-corrected chi connectivity index (χ0v) is 15.8. The molecule has 27 heavy (non-hydrogen) atoms. The molecule has 0 aromatic rings. The minimum Gasteiger partial charge on any atom is -0.509 e. The monoisotopic (exact) mass is 464 g/mol. The molecule has 14 heteroatoms. The van der Waals surface area contributed by atoms with Crippen LogP contribution in [-0.4, -0.2) is 68.1 Å². The van der Waals surface area contributed by atoms with Gasteiger partial charge in [-0.3, -0.25) is 14.5 Å². The van der Waals surface area contributed by atoms with Crippen LogP contribution in [0.25, 0.3) is 0 Å². The van der Waals surface area contributed by atoms with Crippen molar-refractivity contribution in [3.63, 3.8) is 0 Å². The van der Waals surface area contributed by atoms with E-state index in [2.05, 4.69) is 31.2 Å². The molecule has 0 spiro atoms. The molecule has 1 unspecified atom stereocenters. The van der Waals surface area contributed by atoms with E-state index in [4.69, 9.17) is 5.73 Å². The van der Waals surface area contributed by atoms with E-state index < -0.39 is 53.4 Å². The molecule has 1 saturated heterocycles. The Balaban J connectivity index is 2.20. The lowest BCUT2D eigenvalue weighted by Gasteiger charge is -2.49. The Labute approximate surface area is 163 Å². The number of aliphatic hydroxyl groups excluding tert-OH is 1. The van der Waals surface area contributed by atoms with Gasteiger partial charge in [-0.05, 0) is 5.18 Å². The molecular weight excluding hydrogens is 452 g/mol. The molecule has 0 radical (unpaired) electrons. The topological polar surface area (TPSA) is 189 Å². The average Bonchev–Trinajstić information content (AvgIpc) is 2.63. The molecule has 0 saturated carbocycles. The quantitative estimate of drug-likeness (QED) is 0.129. The van der Waals surface area contributed by atoms with Gasteiger partial charge in [-0.25, -0.2) is 9.59 Å². The number of alkyl halides is 1. The van der Waals surface area contributed by atoms with E-state index in [0.717, 1.165) is 16.7 Å². The number of carboxylic acids is 1. The Morgan fingerprint density at radius 2 is 2.07 bits per heavy atom. The predicted octanol–water partition coefficient (Wildman–Crippen LogP) is -0.249. The van der Waals surface area contributed by atoms with E-state index >= 15 is 0 Å². The number of aliphatic hydroxyl groups is 1. The van der Waals surface area contributed by atoms with Gasteiger partial charge in [-0.15, -0.1) is 16.7 Å². The Morgan fingerprint density at radius 1 is 1.41 bits per heavy atom. The van der Waals surface area contributed by atoms with Crippen LogP contribution in [0.2, 0.25) is 0 Å². The lowest BCUT2D eigenvalue weighted by Crippen LogP contribution is -2.70. The number of aliphatic carboxylic acids is 1. The largest absolute Gasteiger partial charge is 0.509 e. The maximum absolute atomic E-state index is 12.4. The fourth-order valence-corrected chi connectivity index (χ4v) is 4.04. The van der Waals surface area contributed by atoms with Crippen LogP contribution in [-0.2, 0) is 19.1 Å². The number of thioether (sulfide) groups is 1. The van der Waals surface area contributed by atoms with Crippen molar-refractivity contribution in [2.45, 2.75) is 11.4 Å². The van der Waals surface area contributed by atoms with E-state index in [9.17, 15) is 34.3 Å². The summed E-state index contributed by atoms with van der Waals surface area (Å²) >= 11 is 3.98. The van der Waals surface area contributed by atoms with Crippen molar-refractivity contribution in [2.24, 2.45) is 10.9 Å². The summed E-state index contributed by atoms with van der Waals surface area (Å²) in [5, 5.41) is 22.6. The van der Waals surface area contributed by atoms with Gasteiger partial charge in [-0.1, -0.05) is 15.9 Å². The number of nitrogens with zero attached hydrogens (tertiary/aromatic N) is 2. The molecule has 2 atom stereocenters. The summed E-state index contributed by atoms with van der Waals surface area (Å²) in [4.78, 5) is 58.3. The molecule has 0 aliphatic carbocycles. The highest BCUT2D eigenvalue weighted by molar-refractivity contribution is 9.09. The van der Waals surface area contributed by atoms with Gasteiger partial charge in [0.25, 0.3) is 11.8 Å². The number of rotatable bonds is 7. The minimum absolute atomic E-state index is 0.108. The van der Waals surface area contributed by atoms with Crippen molar-refractivity contribution >= 4 is 51.6 Å². The van der Waals surface area contributed by atoms with Crippen LogP contribution in [0.3, 0.4) is 0 Å². The number of carbonyl (C=O) groups is 4. The van der Waals surface area contributed by atoms with Crippen LogP contribution >= 0.6 is 27.7 Å². The third-order valence-electron chi connectivity index (χ3n) is 3.63. The van der Waals surface area contributed by atoms with Gasteiger partial charge in [0.1, 0.15) is 29.5 Å². The van der Waals surface area contributed by atoms with Crippen molar-refractivity contribution in [2.75, 3.05) is 17.7 Å². The molecule has 2 heterocycles. The van der Waals surface area contributed by atoms with Crippen LogP contribution in [0.5, 0.6) is 0 Å². The normalized spacial score (nSPS) is 22.3. The number of nitrogens with one attached hydrogen (secondary N) is 1. The smallest absolute Gasteiger partial charge is 0.404 e. The standard InChI is InChI=1S/C13H13BrN4O8S/c14-1-5(19)6(17-25)9(20)16-7-10(21)18-8(12(22)23)4(2-26-13(15)24)3-27-11(7)18/h7,11,19H,1-3H2,(H2,15,24)(H,16,20)(H,22,23)/t7?,11-/m0/s1. The molecule has 2 aliphatic rings. The number of primary amides is 1. The van der Waals surface area contributed by atoms with Gasteiger partial charge in [0.2, 0.25) is 5.70 Å². The van der Waals surface area contributed by atoms with Crippen molar-refractivity contribution in [1.82, 2.24) is 10.2 Å². The maximum atomic E-state index is 12.4. The number of hydrogen-bond acceptors (Lipinski definition) is 9. The number of nitroso groups, excluding NO2 is 1. The summed E-state index contributed by atoms with van der Waals surface area (Å²) < 4.78 is 4.59. The van der Waals surface area contributed by atoms with Crippen LogP contribution in [0.1, 0.15) is 0 Å². The molecule has 146 valence electrons. The first kappa shape index (κ1) is 20.7. The predicted molar refractivity (Wildman–Crippen MR) is 94.5 cm³/mol. The van der Waals surface area contributed by atoms with E-state index in [1.165, 1.54) is 0 Å². The number of ether oxygens (including phenoxy) is 1. The number of allylic oxidation sites excluding steroid dienone is 1. The molecule has 0 aromatic carbocycles. The van der Waals surface area contributed by atoms with Crippen LogP contribution < -0.4 is 11.1 Å². The summed E-state index contributed by atoms with van der Waals surface area (Å²) in [5.41, 5.74) is 3.89. The van der Waals surface area contributed by atoms with Crippen molar-refractivity contribution < 1.29 is 34.1 Å². The number of β-lactam (4-membered cyclic amide) rings is 1. The highest BCUT2D eigenvalue weighted by Gasteiger charge is 2.54. The highest BCUT2D eigenvalue weighted by atomic mass is 79.9. The van der Waals surface area contributed by atoms with E-state index in [0.29, 0.717) is 0 Å². The van der Waals surface area contributed by atoms with E-state index in [1.54, 1.807) is 0 Å². The summed E-state index contributed by atoms with van der Waals surface area (Å²) in [5.74, 6) is -3.72. The minimum atomic E-state index is -1.41. The molecule has 0 aromatic heterocycles. The molecule has 5 N–H and O–H groups in total. The first-order chi connectivity index (χ1) is 12.7. The van der Waals surface area contributed by atoms with Crippen LogP contribution in [0.4, 0.5) is 4.79 Å². The fourth-order valence-electron chi connectivity index (χ4n) is 2.45. The first-order valence-electron chi connectivity index (χ1n) is 7.17. The van der Waals surface area contributed by atoms with Crippen LogP contribution in [0, 0.1) is 4.91 Å². The van der Waals surface area contributed by atoms with Crippen LogP contribution in [0.15, 0.2) is 27.9 Å². The number of amides is 3. The number of fused-ring (bicyclic) bond motifs is 1. The number of carboxylic acid groups (broad SMARTS) is 1. The Morgan fingerprint density at radius 3 is 2.59 bits per heavy atom. The third-order valence-corrected chi connectivity index (χ3v) is 5.50. The van der Waals surface area contributed by atoms with E-state index in [-0.39, 0.29) is 22.4 Å². The molecule has 1 fully saturated rings. The second kappa shape index (κ2) is 8.39. The molecule has 12 nitrogen and oxygen atoms in total. The van der Waals surface area contributed by atoms with Gasteiger partial charge in [0.05, 0.1) is 5.33 Å². The van der Waals surface area contributed by atoms with Gasteiger partial charge in [-0.2, -0.15) is 0 Å². The summed E-state index contributed by atoms with van der Waals surface area (Å²) in [7, 11) is 0. The number of carbonyl (C=O) groups excluding carboxylic acids is 3. The first-order valence-corrected chi connectivity index (χ1v) is 9.34. The Hall–Kier alpha value is -2.61. The summed E-state index contributed by atoms with van der Waals surface area (Å²) in [6.07, 6.45) is -1.09. The third kappa shape index (κ3) is 4.05. The van der Waals surface area contributed by atoms with Gasteiger partial charge >= 0.3 is 12.1 Å². The number of halogens is 1. The van der Waals surface area contributed by atoms with Crippen molar-refractivity contribution in [3.05, 3.63) is 27.6 Å². The molecular formula is C13H13BrN4O8S. The Kier molecular flexibility index (Phi) is 6.43. The second-order valence-electron chi connectivity index (χ2n) is 5.25. The number of nitrogens with two attached hydrogens (primary N) is 1. The zero-order chi connectivity index (χ0) is 20.3. The number of hydrogen-bond donors (Lipinski definition) is 4. The van der Waals surface area contributed by atoms with Crippen molar-refractivity contribution in [3.8, 4) is 0 Å². The Bertz CT molecular complexity index is 782. The second-order valence-corrected chi connectivity index (χ2v) is 6.91. The SMILES string of the molecule is NC(=O)OCC1=C(C(=O)O)N2C(=O)C(NC(=O)C(N=O)=C(O)CBr)[C@@H]2SC1. The molecule has 0 bridgehead atoms. The fraction of sp³-hybridized carbons (Fsp3) is 0.385. The van der Waals surface area contributed by atoms with Gasteiger partial charge in [0, 0.05) is 11.3 Å². The molecule has 2 rings (SSSR count). The average molecular weight is 465 g/mol.